The normalized spacial score (nSPS) is 13.1. The third kappa shape index (κ3) is 4.14. The van der Waals surface area contributed by atoms with Gasteiger partial charge in [0.25, 0.3) is 0 Å². The van der Waals surface area contributed by atoms with Crippen molar-refractivity contribution in [1.82, 2.24) is 5.43 Å². The fourth-order valence-electron chi connectivity index (χ4n) is 0.429. The molecule has 3 heteroatoms. The number of hydrogen-bond acceptors (Lipinski definition) is 3. The zero-order valence-electron chi connectivity index (χ0n) is 5.76. The SMILES string of the molecule is C=CC(COCC)NN. The lowest BCUT2D eigenvalue weighted by atomic mass is 10.3. The van der Waals surface area contributed by atoms with Crippen LogP contribution in [0.1, 0.15) is 6.92 Å². The molecule has 0 aromatic heterocycles. The average molecular weight is 130 g/mol. The molecule has 0 saturated heterocycles. The van der Waals surface area contributed by atoms with Gasteiger partial charge in [-0.1, -0.05) is 6.08 Å². The molecule has 0 amide bonds. The van der Waals surface area contributed by atoms with E-state index in [1.165, 1.54) is 0 Å². The second-order valence-corrected chi connectivity index (χ2v) is 1.67. The first-order chi connectivity index (χ1) is 4.35. The van der Waals surface area contributed by atoms with Gasteiger partial charge in [0.15, 0.2) is 0 Å². The van der Waals surface area contributed by atoms with E-state index in [1.54, 1.807) is 6.08 Å². The van der Waals surface area contributed by atoms with E-state index in [2.05, 4.69) is 12.0 Å². The molecule has 0 radical (unpaired) electrons. The Morgan fingerprint density at radius 3 is 2.89 bits per heavy atom. The summed E-state index contributed by atoms with van der Waals surface area (Å²) in [4.78, 5) is 0. The van der Waals surface area contributed by atoms with Crippen LogP contribution in [-0.2, 0) is 4.74 Å². The second kappa shape index (κ2) is 5.75. The summed E-state index contributed by atoms with van der Waals surface area (Å²) >= 11 is 0. The molecule has 1 atom stereocenters. The number of rotatable bonds is 5. The van der Waals surface area contributed by atoms with E-state index in [9.17, 15) is 0 Å². The lowest BCUT2D eigenvalue weighted by Gasteiger charge is -2.09. The van der Waals surface area contributed by atoms with Crippen molar-refractivity contribution < 1.29 is 4.74 Å². The summed E-state index contributed by atoms with van der Waals surface area (Å²) in [5, 5.41) is 0. The van der Waals surface area contributed by atoms with Crippen LogP contribution >= 0.6 is 0 Å². The molecule has 3 N–H and O–H groups in total. The van der Waals surface area contributed by atoms with Gasteiger partial charge in [-0.2, -0.15) is 0 Å². The van der Waals surface area contributed by atoms with Crippen LogP contribution < -0.4 is 11.3 Å². The summed E-state index contributed by atoms with van der Waals surface area (Å²) in [5.74, 6) is 5.12. The largest absolute Gasteiger partial charge is 0.380 e. The molecule has 0 aliphatic carbocycles. The quantitative estimate of drug-likeness (QED) is 0.314. The molecule has 0 aromatic rings. The van der Waals surface area contributed by atoms with E-state index in [4.69, 9.17) is 10.6 Å². The smallest absolute Gasteiger partial charge is 0.0668 e. The number of hydrazine groups is 1. The molecule has 0 spiro atoms. The van der Waals surface area contributed by atoms with Crippen molar-refractivity contribution >= 4 is 0 Å². The van der Waals surface area contributed by atoms with Gasteiger partial charge in [0.05, 0.1) is 12.6 Å². The molecule has 0 saturated carbocycles. The Balaban J connectivity index is 3.20. The van der Waals surface area contributed by atoms with Crippen LogP contribution in [0.5, 0.6) is 0 Å². The predicted octanol–water partition coefficient (Wildman–Crippen LogP) is 0.0408. The maximum absolute atomic E-state index is 5.12. The average Bonchev–Trinajstić information content (AvgIpc) is 1.91. The van der Waals surface area contributed by atoms with Crippen LogP contribution in [0.3, 0.4) is 0 Å². The summed E-state index contributed by atoms with van der Waals surface area (Å²) in [7, 11) is 0. The van der Waals surface area contributed by atoms with Crippen LogP contribution in [-0.4, -0.2) is 19.3 Å². The molecule has 0 heterocycles. The van der Waals surface area contributed by atoms with Crippen molar-refractivity contribution in [3.8, 4) is 0 Å². The topological polar surface area (TPSA) is 47.3 Å². The molecule has 0 bridgehead atoms. The zero-order valence-corrected chi connectivity index (χ0v) is 5.76. The Bertz CT molecular complexity index is 75.5. The first-order valence-electron chi connectivity index (χ1n) is 3.01. The standard InChI is InChI=1S/C6H14N2O/c1-3-6(8-7)5-9-4-2/h3,6,8H,1,4-5,7H2,2H3. The van der Waals surface area contributed by atoms with E-state index >= 15 is 0 Å². The number of nitrogens with two attached hydrogens (primary N) is 1. The van der Waals surface area contributed by atoms with Gasteiger partial charge in [0.1, 0.15) is 0 Å². The van der Waals surface area contributed by atoms with E-state index in [-0.39, 0.29) is 6.04 Å². The van der Waals surface area contributed by atoms with Crippen molar-refractivity contribution in [1.29, 1.82) is 0 Å². The van der Waals surface area contributed by atoms with E-state index in [0.29, 0.717) is 13.2 Å². The molecule has 54 valence electrons. The molecule has 0 fully saturated rings. The molecular weight excluding hydrogens is 116 g/mol. The van der Waals surface area contributed by atoms with Gasteiger partial charge in [-0.05, 0) is 6.92 Å². The Morgan fingerprint density at radius 1 is 1.89 bits per heavy atom. The second-order valence-electron chi connectivity index (χ2n) is 1.67. The molecule has 0 aliphatic rings. The van der Waals surface area contributed by atoms with Gasteiger partial charge in [-0.15, -0.1) is 6.58 Å². The van der Waals surface area contributed by atoms with Crippen molar-refractivity contribution in [3.63, 3.8) is 0 Å². The molecule has 0 aliphatic heterocycles. The highest BCUT2D eigenvalue weighted by Gasteiger charge is 1.97. The molecular formula is C6H14N2O. The predicted molar refractivity (Wildman–Crippen MR) is 37.8 cm³/mol. The van der Waals surface area contributed by atoms with Crippen molar-refractivity contribution in [2.45, 2.75) is 13.0 Å². The Hall–Kier alpha value is -0.380. The first kappa shape index (κ1) is 8.62. The van der Waals surface area contributed by atoms with Crippen molar-refractivity contribution in [2.75, 3.05) is 13.2 Å². The van der Waals surface area contributed by atoms with Crippen LogP contribution in [0, 0.1) is 0 Å². The highest BCUT2D eigenvalue weighted by atomic mass is 16.5. The summed E-state index contributed by atoms with van der Waals surface area (Å²) in [5.41, 5.74) is 2.54. The maximum Gasteiger partial charge on any atom is 0.0668 e. The van der Waals surface area contributed by atoms with Crippen molar-refractivity contribution in [3.05, 3.63) is 12.7 Å². The monoisotopic (exact) mass is 130 g/mol. The van der Waals surface area contributed by atoms with Gasteiger partial charge >= 0.3 is 0 Å². The van der Waals surface area contributed by atoms with Gasteiger partial charge in [-0.3, -0.25) is 11.3 Å². The van der Waals surface area contributed by atoms with Gasteiger partial charge in [-0.25, -0.2) is 0 Å². The van der Waals surface area contributed by atoms with Gasteiger partial charge < -0.3 is 4.74 Å². The van der Waals surface area contributed by atoms with E-state index in [1.807, 2.05) is 6.92 Å². The molecule has 1 unspecified atom stereocenters. The lowest BCUT2D eigenvalue weighted by molar-refractivity contribution is 0.134. The van der Waals surface area contributed by atoms with Crippen LogP contribution in [0.15, 0.2) is 12.7 Å². The van der Waals surface area contributed by atoms with Crippen LogP contribution in [0.4, 0.5) is 0 Å². The minimum atomic E-state index is 0.0740. The molecule has 3 nitrogen and oxygen atoms in total. The summed E-state index contributed by atoms with van der Waals surface area (Å²) in [6.07, 6.45) is 1.72. The van der Waals surface area contributed by atoms with Gasteiger partial charge in [0.2, 0.25) is 0 Å². The fourth-order valence-corrected chi connectivity index (χ4v) is 0.429. The summed E-state index contributed by atoms with van der Waals surface area (Å²) in [6, 6.07) is 0.0740. The zero-order chi connectivity index (χ0) is 7.11. The minimum Gasteiger partial charge on any atom is -0.380 e. The summed E-state index contributed by atoms with van der Waals surface area (Å²) in [6.45, 7) is 6.81. The minimum absolute atomic E-state index is 0.0740. The number of hydrogen-bond donors (Lipinski definition) is 2. The summed E-state index contributed by atoms with van der Waals surface area (Å²) < 4.78 is 5.06. The Labute approximate surface area is 55.8 Å². The Morgan fingerprint density at radius 2 is 2.56 bits per heavy atom. The Kier molecular flexibility index (Phi) is 5.51. The fraction of sp³-hybridized carbons (Fsp3) is 0.667. The van der Waals surface area contributed by atoms with Gasteiger partial charge in [0, 0.05) is 6.61 Å². The third-order valence-electron chi connectivity index (χ3n) is 1.00. The van der Waals surface area contributed by atoms with E-state index in [0.717, 1.165) is 0 Å². The molecule has 0 rings (SSSR count). The highest BCUT2D eigenvalue weighted by molar-refractivity contribution is 4.83. The molecule has 0 aromatic carbocycles. The van der Waals surface area contributed by atoms with Crippen LogP contribution in [0.25, 0.3) is 0 Å². The van der Waals surface area contributed by atoms with E-state index < -0.39 is 0 Å². The molecule has 9 heavy (non-hydrogen) atoms. The highest BCUT2D eigenvalue weighted by Crippen LogP contribution is 1.83. The van der Waals surface area contributed by atoms with Crippen LogP contribution in [0.2, 0.25) is 0 Å². The van der Waals surface area contributed by atoms with Crippen molar-refractivity contribution in [2.24, 2.45) is 5.84 Å². The number of nitrogens with one attached hydrogen (secondary N) is 1. The number of ether oxygens (including phenoxy) is 1. The first-order valence-corrected chi connectivity index (χ1v) is 3.01. The maximum atomic E-state index is 5.12. The third-order valence-corrected chi connectivity index (χ3v) is 1.00. The lowest BCUT2D eigenvalue weighted by Crippen LogP contribution is -2.36.